The van der Waals surface area contributed by atoms with Gasteiger partial charge in [-0.3, -0.25) is 14.4 Å². The SMILES string of the molecule is CCC(C)C(Nc1ccc2c(cc1=O)C(NC(C)=O)CCc1cc(OC)c(OC)c(OC)c1-2)C(=O)NCCc1nc2ccccc2n1C. The number of hydrogen-bond donors (Lipinski definition) is 3. The fraction of sp³-hybridized carbons (Fsp3) is 0.405. The van der Waals surface area contributed by atoms with E-state index in [1.165, 1.54) is 6.92 Å². The number of rotatable bonds is 12. The Hall–Kier alpha value is -5.06. The second kappa shape index (κ2) is 14.8. The van der Waals surface area contributed by atoms with Gasteiger partial charge in [-0.1, -0.05) is 38.5 Å². The molecule has 0 spiro atoms. The standard InChI is InChI=1S/C37H45N5O6/c1-8-21(2)34(37(45)38-18-17-32-40-27-11-9-10-12-29(27)42(32)4)41-28-16-14-24-25(20-30(28)44)26(39-22(3)43)15-13-23-19-31(46-5)35(47-6)36(48-7)33(23)24/h9-12,14,16,19-21,26,34H,8,13,15,17-18H2,1-7H3,(H,38,45)(H,39,43)(H,41,44). The first-order chi connectivity index (χ1) is 23.1. The van der Waals surface area contributed by atoms with Gasteiger partial charge in [-0.15, -0.1) is 0 Å². The van der Waals surface area contributed by atoms with E-state index >= 15 is 0 Å². The van der Waals surface area contributed by atoms with Gasteiger partial charge in [-0.25, -0.2) is 4.98 Å². The number of para-hydroxylation sites is 2. The molecule has 3 aromatic carbocycles. The van der Waals surface area contributed by atoms with Crippen molar-refractivity contribution in [2.45, 2.75) is 58.5 Å². The summed E-state index contributed by atoms with van der Waals surface area (Å²) in [6.07, 6.45) is 2.42. The normalized spacial score (nSPS) is 14.9. The molecule has 0 aliphatic heterocycles. The highest BCUT2D eigenvalue weighted by molar-refractivity contribution is 5.86. The van der Waals surface area contributed by atoms with Crippen molar-refractivity contribution in [1.29, 1.82) is 0 Å². The first-order valence-electron chi connectivity index (χ1n) is 16.3. The first kappa shape index (κ1) is 34.3. The van der Waals surface area contributed by atoms with Gasteiger partial charge < -0.3 is 34.7 Å². The number of benzene rings is 2. The number of nitrogens with one attached hydrogen (secondary N) is 3. The Kier molecular flexibility index (Phi) is 10.6. The van der Waals surface area contributed by atoms with E-state index in [1.54, 1.807) is 33.5 Å². The van der Waals surface area contributed by atoms with Crippen LogP contribution < -0.4 is 35.6 Å². The summed E-state index contributed by atoms with van der Waals surface area (Å²) in [7, 11) is 6.65. The van der Waals surface area contributed by atoms with Crippen molar-refractivity contribution < 1.29 is 23.8 Å². The maximum Gasteiger partial charge on any atom is 0.242 e. The summed E-state index contributed by atoms with van der Waals surface area (Å²) in [4.78, 5) is 44.6. The largest absolute Gasteiger partial charge is 0.493 e. The number of amides is 2. The zero-order valence-corrected chi connectivity index (χ0v) is 28.7. The van der Waals surface area contributed by atoms with Crippen molar-refractivity contribution in [3.8, 4) is 28.4 Å². The topological polar surface area (TPSA) is 133 Å². The van der Waals surface area contributed by atoms with Crippen LogP contribution in [-0.2, 0) is 29.5 Å². The number of aromatic nitrogens is 2. The minimum absolute atomic E-state index is 0.0758. The number of fused-ring (bicyclic) bond motifs is 4. The summed E-state index contributed by atoms with van der Waals surface area (Å²) in [5, 5.41) is 9.37. The average Bonchev–Trinajstić information content (AvgIpc) is 3.21. The molecular weight excluding hydrogens is 610 g/mol. The van der Waals surface area contributed by atoms with E-state index in [2.05, 4.69) is 16.0 Å². The van der Waals surface area contributed by atoms with Crippen LogP contribution in [0.1, 0.15) is 56.6 Å². The molecule has 0 bridgehead atoms. The number of carbonyl (C=O) groups is 2. The molecule has 3 atom stereocenters. The van der Waals surface area contributed by atoms with Gasteiger partial charge in [0, 0.05) is 32.5 Å². The van der Waals surface area contributed by atoms with Gasteiger partial charge in [0.05, 0.1) is 44.1 Å². The van der Waals surface area contributed by atoms with Gasteiger partial charge in [0.15, 0.2) is 11.5 Å². The highest BCUT2D eigenvalue weighted by Gasteiger charge is 2.30. The van der Waals surface area contributed by atoms with Crippen molar-refractivity contribution in [1.82, 2.24) is 20.2 Å². The van der Waals surface area contributed by atoms with Crippen LogP contribution in [0.5, 0.6) is 17.2 Å². The summed E-state index contributed by atoms with van der Waals surface area (Å²) < 4.78 is 19.2. The van der Waals surface area contributed by atoms with Gasteiger partial charge in [0.25, 0.3) is 0 Å². The van der Waals surface area contributed by atoms with E-state index in [0.717, 1.165) is 40.0 Å². The van der Waals surface area contributed by atoms with Crippen LogP contribution in [-0.4, -0.2) is 55.3 Å². The van der Waals surface area contributed by atoms with E-state index in [-0.39, 0.29) is 28.8 Å². The second-order valence-electron chi connectivity index (χ2n) is 12.2. The van der Waals surface area contributed by atoms with E-state index in [0.29, 0.717) is 48.6 Å². The number of imidazole rings is 1. The number of nitrogens with zero attached hydrogens (tertiary/aromatic N) is 2. The molecular formula is C37H45N5O6. The minimum atomic E-state index is -0.664. The third kappa shape index (κ3) is 6.81. The van der Waals surface area contributed by atoms with Crippen molar-refractivity contribution in [2.24, 2.45) is 13.0 Å². The lowest BCUT2D eigenvalue weighted by Gasteiger charge is -2.24. The molecule has 5 rings (SSSR count). The number of carbonyl (C=O) groups excluding carboxylic acids is 2. The molecule has 0 saturated carbocycles. The molecule has 3 N–H and O–H groups in total. The maximum atomic E-state index is 13.9. The highest BCUT2D eigenvalue weighted by atomic mass is 16.5. The van der Waals surface area contributed by atoms with E-state index in [9.17, 15) is 14.4 Å². The van der Waals surface area contributed by atoms with Crippen LogP contribution in [0.4, 0.5) is 5.69 Å². The van der Waals surface area contributed by atoms with Crippen LogP contribution in [0.3, 0.4) is 0 Å². The lowest BCUT2D eigenvalue weighted by molar-refractivity contribution is -0.123. The molecule has 11 nitrogen and oxygen atoms in total. The Balaban J connectivity index is 1.50. The second-order valence-corrected chi connectivity index (χ2v) is 12.2. The fourth-order valence-corrected chi connectivity index (χ4v) is 6.52. The smallest absolute Gasteiger partial charge is 0.242 e. The monoisotopic (exact) mass is 655 g/mol. The summed E-state index contributed by atoms with van der Waals surface area (Å²) in [6.45, 7) is 5.86. The molecule has 1 aliphatic rings. The lowest BCUT2D eigenvalue weighted by atomic mass is 9.95. The van der Waals surface area contributed by atoms with E-state index in [1.807, 2.05) is 61.9 Å². The summed E-state index contributed by atoms with van der Waals surface area (Å²) in [5.41, 5.74) is 5.00. The van der Waals surface area contributed by atoms with E-state index < -0.39 is 12.1 Å². The molecule has 254 valence electrons. The van der Waals surface area contributed by atoms with Crippen molar-refractivity contribution in [3.05, 3.63) is 75.7 Å². The molecule has 1 heterocycles. The number of methoxy groups -OCH3 is 3. The van der Waals surface area contributed by atoms with Crippen LogP contribution >= 0.6 is 0 Å². The Morgan fingerprint density at radius 3 is 2.46 bits per heavy atom. The Morgan fingerprint density at radius 2 is 1.79 bits per heavy atom. The average molecular weight is 656 g/mol. The van der Waals surface area contributed by atoms with Gasteiger partial charge in [-0.05, 0) is 65.8 Å². The number of hydrogen-bond acceptors (Lipinski definition) is 8. The molecule has 11 heteroatoms. The predicted molar refractivity (Wildman–Crippen MR) is 187 cm³/mol. The summed E-state index contributed by atoms with van der Waals surface area (Å²) in [6, 6.07) is 13.9. The van der Waals surface area contributed by atoms with Crippen LogP contribution in [0, 0.1) is 5.92 Å². The molecule has 2 amide bonds. The molecule has 4 aromatic rings. The third-order valence-electron chi connectivity index (χ3n) is 9.25. The summed E-state index contributed by atoms with van der Waals surface area (Å²) in [5.74, 6) is 1.83. The molecule has 1 aliphatic carbocycles. The number of aryl methyl sites for hydroxylation is 2. The predicted octanol–water partition coefficient (Wildman–Crippen LogP) is 4.94. The quantitative estimate of drug-likeness (QED) is 0.196. The van der Waals surface area contributed by atoms with Crippen LogP contribution in [0.25, 0.3) is 22.2 Å². The van der Waals surface area contributed by atoms with Crippen molar-refractivity contribution in [2.75, 3.05) is 33.2 Å². The zero-order valence-electron chi connectivity index (χ0n) is 28.7. The number of ether oxygens (including phenoxy) is 3. The highest BCUT2D eigenvalue weighted by Crippen LogP contribution is 2.50. The lowest BCUT2D eigenvalue weighted by Crippen LogP contribution is -2.45. The molecule has 3 unspecified atom stereocenters. The van der Waals surface area contributed by atoms with Gasteiger partial charge in [-0.2, -0.15) is 0 Å². The Morgan fingerprint density at radius 1 is 1.04 bits per heavy atom. The Labute approximate surface area is 281 Å². The minimum Gasteiger partial charge on any atom is -0.493 e. The summed E-state index contributed by atoms with van der Waals surface area (Å²) >= 11 is 0. The first-order valence-corrected chi connectivity index (χ1v) is 16.3. The molecule has 1 aromatic heterocycles. The molecule has 48 heavy (non-hydrogen) atoms. The molecule has 0 radical (unpaired) electrons. The number of anilines is 1. The van der Waals surface area contributed by atoms with Gasteiger partial charge in [0.1, 0.15) is 11.9 Å². The van der Waals surface area contributed by atoms with Crippen LogP contribution in [0.15, 0.2) is 53.3 Å². The fourth-order valence-electron chi connectivity index (χ4n) is 6.52. The Bertz CT molecular complexity index is 1890. The third-order valence-corrected chi connectivity index (χ3v) is 9.25. The maximum absolute atomic E-state index is 13.9. The van der Waals surface area contributed by atoms with Gasteiger partial charge in [0.2, 0.25) is 23.0 Å². The van der Waals surface area contributed by atoms with Gasteiger partial charge >= 0.3 is 0 Å². The van der Waals surface area contributed by atoms with Crippen molar-refractivity contribution in [3.63, 3.8) is 0 Å². The van der Waals surface area contributed by atoms with E-state index in [4.69, 9.17) is 19.2 Å². The molecule has 0 fully saturated rings. The van der Waals surface area contributed by atoms with Crippen LogP contribution in [0.2, 0.25) is 0 Å². The van der Waals surface area contributed by atoms with Crippen molar-refractivity contribution >= 4 is 28.5 Å². The molecule has 0 saturated heterocycles. The zero-order chi connectivity index (χ0) is 34.5.